The van der Waals surface area contributed by atoms with E-state index in [9.17, 15) is 9.18 Å². The summed E-state index contributed by atoms with van der Waals surface area (Å²) in [5, 5.41) is 6.05. The van der Waals surface area contributed by atoms with Gasteiger partial charge in [-0.05, 0) is 85.2 Å². The van der Waals surface area contributed by atoms with Crippen LogP contribution in [0.15, 0.2) is 72.9 Å². The number of rotatable bonds is 9. The quantitative estimate of drug-likeness (QED) is 0.183. The molecule has 0 saturated carbocycles. The first-order chi connectivity index (χ1) is 17.6. The van der Waals surface area contributed by atoms with Crippen molar-refractivity contribution in [1.29, 1.82) is 0 Å². The van der Waals surface area contributed by atoms with E-state index in [1.54, 1.807) is 60.4 Å². The lowest BCUT2D eigenvalue weighted by Crippen LogP contribution is -2.19. The zero-order chi connectivity index (χ0) is 25.3. The van der Waals surface area contributed by atoms with Crippen LogP contribution < -0.4 is 20.1 Å². The molecule has 2 amide bonds. The number of pyridine rings is 1. The van der Waals surface area contributed by atoms with Crippen molar-refractivity contribution in [1.82, 2.24) is 4.98 Å². The van der Waals surface area contributed by atoms with Gasteiger partial charge in [0.05, 0.1) is 18.7 Å². The Morgan fingerprint density at radius 1 is 1.03 bits per heavy atom. The van der Waals surface area contributed by atoms with Crippen molar-refractivity contribution in [2.45, 2.75) is 6.42 Å². The van der Waals surface area contributed by atoms with Crippen LogP contribution in [-0.2, 0) is 0 Å². The molecular weight excluding hydrogens is 479 g/mol. The first-order valence-electron chi connectivity index (χ1n) is 11.1. The zero-order valence-electron chi connectivity index (χ0n) is 19.5. The molecule has 0 atom stereocenters. The molecule has 0 bridgehead atoms. The second-order valence-corrected chi connectivity index (χ2v) is 8.65. The van der Waals surface area contributed by atoms with Crippen molar-refractivity contribution in [3.63, 3.8) is 0 Å². The molecule has 0 unspecified atom stereocenters. The van der Waals surface area contributed by atoms with Gasteiger partial charge in [-0.1, -0.05) is 0 Å². The van der Waals surface area contributed by atoms with Gasteiger partial charge in [-0.3, -0.25) is 4.98 Å². The largest absolute Gasteiger partial charge is 0.505 e. The minimum Gasteiger partial charge on any atom is -0.505 e. The number of urea groups is 1. The summed E-state index contributed by atoms with van der Waals surface area (Å²) in [5.41, 5.74) is 2.09. The lowest BCUT2D eigenvalue weighted by Gasteiger charge is -2.13. The molecular formula is C27H23FN4O3S. The average Bonchev–Trinajstić information content (AvgIpc) is 2.89. The fraction of sp³-hybridized carbons (Fsp3) is 0.148. The van der Waals surface area contributed by atoms with E-state index in [4.69, 9.17) is 16.0 Å². The summed E-state index contributed by atoms with van der Waals surface area (Å²) < 4.78 is 24.9. The number of halogens is 1. The lowest BCUT2D eigenvalue weighted by molar-refractivity contribution is 0.262. The molecule has 36 heavy (non-hydrogen) atoms. The van der Waals surface area contributed by atoms with Crippen LogP contribution in [0, 0.1) is 12.4 Å². The molecule has 0 saturated heterocycles. The highest BCUT2D eigenvalue weighted by Gasteiger charge is 2.12. The maximum Gasteiger partial charge on any atom is 0.323 e. The number of carbonyl (C=O) groups is 1. The van der Waals surface area contributed by atoms with Crippen molar-refractivity contribution < 1.29 is 18.7 Å². The molecule has 0 spiro atoms. The zero-order valence-corrected chi connectivity index (χ0v) is 20.3. The number of hydrogen-bond acceptors (Lipinski definition) is 5. The number of ether oxygens (including phenoxy) is 2. The van der Waals surface area contributed by atoms with Crippen molar-refractivity contribution in [3.8, 4) is 17.2 Å². The monoisotopic (exact) mass is 502 g/mol. The number of aromatic nitrogens is 1. The highest BCUT2D eigenvalue weighted by Crippen LogP contribution is 2.37. The Kier molecular flexibility index (Phi) is 8.21. The molecule has 0 fully saturated rings. The number of anilines is 2. The molecule has 1 heterocycles. The molecule has 9 heteroatoms. The molecule has 4 rings (SSSR count). The molecule has 0 radical (unpaired) electrons. The number of hydrogen-bond donors (Lipinski definition) is 2. The number of amides is 2. The smallest absolute Gasteiger partial charge is 0.323 e. The van der Waals surface area contributed by atoms with Gasteiger partial charge in [0.25, 0.3) is 0 Å². The standard InChI is InChI=1S/C27H23FN4O3S/c1-29-24-16-22-23(17-26(24)34-14-3-15-36-2)30-13-12-25(22)35-21-10-8-20(9-11-21)32-27(33)31-19-6-4-18(28)5-7-19/h4-13,16-17H,3,14-15H2,2H3,(H2,31,32,33). The summed E-state index contributed by atoms with van der Waals surface area (Å²) in [7, 11) is 0. The third-order valence-electron chi connectivity index (χ3n) is 5.10. The maximum atomic E-state index is 13.0. The molecule has 182 valence electrons. The highest BCUT2D eigenvalue weighted by atomic mass is 32.2. The number of nitrogens with zero attached hydrogens (tertiary/aromatic N) is 2. The summed E-state index contributed by atoms with van der Waals surface area (Å²) in [4.78, 5) is 20.2. The SMILES string of the molecule is [C-]#[N+]c1cc2c(Oc3ccc(NC(=O)Nc4ccc(F)cc4)cc3)ccnc2cc1OCCCSC. The van der Waals surface area contributed by atoms with E-state index in [0.717, 1.165) is 12.2 Å². The third kappa shape index (κ3) is 6.43. The van der Waals surface area contributed by atoms with Crippen molar-refractivity contribution >= 4 is 45.8 Å². The van der Waals surface area contributed by atoms with E-state index in [1.807, 2.05) is 6.26 Å². The summed E-state index contributed by atoms with van der Waals surface area (Å²) in [6, 6.07) is 17.1. The molecule has 0 aliphatic rings. The van der Waals surface area contributed by atoms with E-state index in [0.29, 0.717) is 51.8 Å². The van der Waals surface area contributed by atoms with Crippen molar-refractivity contribution in [3.05, 3.63) is 90.2 Å². The predicted molar refractivity (Wildman–Crippen MR) is 142 cm³/mol. The minimum absolute atomic E-state index is 0.376. The summed E-state index contributed by atoms with van der Waals surface area (Å²) >= 11 is 1.75. The van der Waals surface area contributed by atoms with Crippen LogP contribution >= 0.6 is 11.8 Å². The number of benzene rings is 3. The predicted octanol–water partition coefficient (Wildman–Crippen LogP) is 7.49. The Morgan fingerprint density at radius 3 is 2.39 bits per heavy atom. The highest BCUT2D eigenvalue weighted by molar-refractivity contribution is 7.98. The van der Waals surface area contributed by atoms with Crippen LogP contribution in [0.3, 0.4) is 0 Å². The topological polar surface area (TPSA) is 76.8 Å². The molecule has 7 nitrogen and oxygen atoms in total. The normalized spacial score (nSPS) is 10.5. The Bertz CT molecular complexity index is 1390. The van der Waals surface area contributed by atoms with Crippen LogP contribution in [0.2, 0.25) is 0 Å². The molecule has 1 aromatic heterocycles. The van der Waals surface area contributed by atoms with Gasteiger partial charge in [0, 0.05) is 23.0 Å². The fourth-order valence-electron chi connectivity index (χ4n) is 3.37. The van der Waals surface area contributed by atoms with Gasteiger partial charge < -0.3 is 20.1 Å². The Hall–Kier alpha value is -4.29. The van der Waals surface area contributed by atoms with Crippen LogP contribution in [0.25, 0.3) is 15.7 Å². The number of nitrogens with one attached hydrogen (secondary N) is 2. The van der Waals surface area contributed by atoms with E-state index < -0.39 is 6.03 Å². The molecule has 3 aromatic carbocycles. The summed E-state index contributed by atoms with van der Waals surface area (Å²) in [6.45, 7) is 8.09. The Balaban J connectivity index is 1.44. The van der Waals surface area contributed by atoms with Crippen molar-refractivity contribution in [2.75, 3.05) is 29.2 Å². The van der Waals surface area contributed by atoms with Gasteiger partial charge in [-0.25, -0.2) is 14.0 Å². The Labute approximate surface area is 212 Å². The van der Waals surface area contributed by atoms with Crippen LogP contribution in [-0.4, -0.2) is 29.6 Å². The van der Waals surface area contributed by atoms with Gasteiger partial charge >= 0.3 is 6.03 Å². The van der Waals surface area contributed by atoms with Gasteiger partial charge in [-0.2, -0.15) is 11.8 Å². The molecule has 2 N–H and O–H groups in total. The van der Waals surface area contributed by atoms with Gasteiger partial charge in [0.15, 0.2) is 0 Å². The number of carbonyl (C=O) groups excluding carboxylic acids is 1. The van der Waals surface area contributed by atoms with E-state index >= 15 is 0 Å². The summed E-state index contributed by atoms with van der Waals surface area (Å²) in [5.74, 6) is 2.23. The average molecular weight is 503 g/mol. The fourth-order valence-corrected chi connectivity index (χ4v) is 3.78. The van der Waals surface area contributed by atoms with Crippen LogP contribution in [0.4, 0.5) is 26.2 Å². The van der Waals surface area contributed by atoms with E-state index in [-0.39, 0.29) is 5.82 Å². The van der Waals surface area contributed by atoms with E-state index in [2.05, 4.69) is 20.5 Å². The van der Waals surface area contributed by atoms with Crippen LogP contribution in [0.1, 0.15) is 6.42 Å². The lowest BCUT2D eigenvalue weighted by atomic mass is 10.1. The molecule has 0 aliphatic heterocycles. The minimum atomic E-state index is -0.450. The molecule has 4 aromatic rings. The van der Waals surface area contributed by atoms with E-state index in [1.165, 1.54) is 24.3 Å². The first-order valence-corrected chi connectivity index (χ1v) is 12.5. The molecule has 0 aliphatic carbocycles. The van der Waals surface area contributed by atoms with Gasteiger partial charge in [0.1, 0.15) is 23.1 Å². The number of thioether (sulfide) groups is 1. The van der Waals surface area contributed by atoms with Gasteiger partial charge in [0.2, 0.25) is 5.69 Å². The van der Waals surface area contributed by atoms with Gasteiger partial charge in [-0.15, -0.1) is 0 Å². The Morgan fingerprint density at radius 2 is 1.72 bits per heavy atom. The summed E-state index contributed by atoms with van der Waals surface area (Å²) in [6.07, 6.45) is 4.58. The van der Waals surface area contributed by atoms with Crippen LogP contribution in [0.5, 0.6) is 17.2 Å². The third-order valence-corrected chi connectivity index (χ3v) is 5.79. The first kappa shape index (κ1) is 24.8. The second kappa shape index (κ2) is 11.9. The maximum absolute atomic E-state index is 13.0. The van der Waals surface area contributed by atoms with Crippen molar-refractivity contribution in [2.24, 2.45) is 0 Å². The second-order valence-electron chi connectivity index (χ2n) is 7.67. The number of fused-ring (bicyclic) bond motifs is 1.